The Hall–Kier alpha value is -1.14. The van der Waals surface area contributed by atoms with Crippen LogP contribution in [-0.2, 0) is 9.84 Å². The second kappa shape index (κ2) is 4.51. The first-order valence-corrected chi connectivity index (χ1v) is 8.08. The van der Waals surface area contributed by atoms with Crippen LogP contribution in [0.5, 0.6) is 0 Å². The number of nitrogens with one attached hydrogen (secondary N) is 1. The predicted octanol–water partition coefficient (Wildman–Crippen LogP) is 0.00320. The molecule has 2 saturated heterocycles. The molecule has 0 saturated carbocycles. The van der Waals surface area contributed by atoms with Gasteiger partial charge in [0.25, 0.3) is 0 Å². The molecule has 0 aromatic carbocycles. The van der Waals surface area contributed by atoms with Crippen molar-refractivity contribution < 1.29 is 8.42 Å². The van der Waals surface area contributed by atoms with Crippen molar-refractivity contribution in [3.63, 3.8) is 0 Å². The van der Waals surface area contributed by atoms with E-state index in [0.717, 1.165) is 18.9 Å². The molecule has 18 heavy (non-hydrogen) atoms. The van der Waals surface area contributed by atoms with Crippen LogP contribution in [-0.4, -0.2) is 51.1 Å². The fraction of sp³-hybridized carbons (Fsp3) is 0.583. The summed E-state index contributed by atoms with van der Waals surface area (Å²) in [5, 5.41) is 3.24. The van der Waals surface area contributed by atoms with Crippen LogP contribution in [0.25, 0.3) is 0 Å². The monoisotopic (exact) mass is 267 g/mol. The van der Waals surface area contributed by atoms with Gasteiger partial charge in [-0.25, -0.2) is 13.4 Å². The van der Waals surface area contributed by atoms with E-state index >= 15 is 0 Å². The molecule has 0 amide bonds. The minimum absolute atomic E-state index is 0.239. The minimum atomic E-state index is -2.82. The third-order valence-corrected chi connectivity index (χ3v) is 5.30. The number of sulfone groups is 1. The zero-order chi connectivity index (χ0) is 12.6. The second-order valence-electron chi connectivity index (χ2n) is 4.94. The minimum Gasteiger partial charge on any atom is -0.355 e. The van der Waals surface area contributed by atoms with Gasteiger partial charge in [0.2, 0.25) is 0 Å². The first kappa shape index (κ1) is 11.9. The maximum atomic E-state index is 11.4. The van der Waals surface area contributed by atoms with Crippen molar-refractivity contribution in [2.75, 3.05) is 42.6 Å². The number of hydrogen-bond acceptors (Lipinski definition) is 5. The van der Waals surface area contributed by atoms with Crippen LogP contribution >= 0.6 is 0 Å². The van der Waals surface area contributed by atoms with Crippen LogP contribution in [0, 0.1) is 0 Å². The van der Waals surface area contributed by atoms with Crippen LogP contribution in [0.2, 0.25) is 0 Å². The lowest BCUT2D eigenvalue weighted by atomic mass is 9.95. The molecule has 0 radical (unpaired) electrons. The third kappa shape index (κ3) is 2.35. The summed E-state index contributed by atoms with van der Waals surface area (Å²) in [6.07, 6.45) is 1.92. The van der Waals surface area contributed by atoms with Gasteiger partial charge < -0.3 is 10.2 Å². The molecule has 1 aromatic rings. The van der Waals surface area contributed by atoms with Crippen molar-refractivity contribution >= 4 is 15.7 Å². The Bertz CT molecular complexity index is 509. The largest absolute Gasteiger partial charge is 0.355 e. The van der Waals surface area contributed by atoms with Gasteiger partial charge in [-0.1, -0.05) is 6.07 Å². The highest BCUT2D eigenvalue weighted by atomic mass is 32.2. The standard InChI is InChI=1S/C12H17N3O2S/c16-18(17)5-3-15(4-6-18)12-2-1-10(9-14-12)11-7-13-8-11/h1-2,9,11,13H,3-8H2. The van der Waals surface area contributed by atoms with E-state index in [-0.39, 0.29) is 11.5 Å². The van der Waals surface area contributed by atoms with Crippen LogP contribution in [0.1, 0.15) is 11.5 Å². The van der Waals surface area contributed by atoms with Crippen LogP contribution in [0.4, 0.5) is 5.82 Å². The topological polar surface area (TPSA) is 62.3 Å². The molecule has 6 heteroatoms. The molecule has 98 valence electrons. The molecule has 2 aliphatic heterocycles. The highest BCUT2D eigenvalue weighted by molar-refractivity contribution is 7.91. The van der Waals surface area contributed by atoms with Gasteiger partial charge in [-0.05, 0) is 11.6 Å². The van der Waals surface area contributed by atoms with Crippen LogP contribution in [0.3, 0.4) is 0 Å². The van der Waals surface area contributed by atoms with E-state index in [4.69, 9.17) is 0 Å². The number of pyridine rings is 1. The smallest absolute Gasteiger partial charge is 0.153 e. The van der Waals surface area contributed by atoms with Crippen molar-refractivity contribution in [2.45, 2.75) is 5.92 Å². The first-order valence-electron chi connectivity index (χ1n) is 6.26. The fourth-order valence-electron chi connectivity index (χ4n) is 2.29. The molecule has 1 N–H and O–H groups in total. The number of anilines is 1. The average Bonchev–Trinajstić information content (AvgIpc) is 2.28. The van der Waals surface area contributed by atoms with Crippen molar-refractivity contribution in [2.24, 2.45) is 0 Å². The van der Waals surface area contributed by atoms with Gasteiger partial charge in [0.1, 0.15) is 5.82 Å². The molecule has 0 unspecified atom stereocenters. The first-order chi connectivity index (χ1) is 8.64. The Balaban J connectivity index is 1.69. The van der Waals surface area contributed by atoms with E-state index in [9.17, 15) is 8.42 Å². The molecule has 2 fully saturated rings. The van der Waals surface area contributed by atoms with E-state index in [1.54, 1.807) is 0 Å². The molecule has 0 spiro atoms. The summed E-state index contributed by atoms with van der Waals surface area (Å²) in [6, 6.07) is 4.11. The Morgan fingerprint density at radius 3 is 2.44 bits per heavy atom. The van der Waals surface area contributed by atoms with Gasteiger partial charge in [0.05, 0.1) is 11.5 Å². The number of nitrogens with zero attached hydrogens (tertiary/aromatic N) is 2. The lowest BCUT2D eigenvalue weighted by Crippen LogP contribution is -2.41. The number of hydrogen-bond donors (Lipinski definition) is 1. The fourth-order valence-corrected chi connectivity index (χ4v) is 3.49. The quantitative estimate of drug-likeness (QED) is 0.817. The average molecular weight is 267 g/mol. The molecule has 3 heterocycles. The molecule has 1 aromatic heterocycles. The molecule has 0 atom stereocenters. The molecule has 0 bridgehead atoms. The summed E-state index contributed by atoms with van der Waals surface area (Å²) in [6.45, 7) is 3.17. The van der Waals surface area contributed by atoms with Gasteiger partial charge in [-0.2, -0.15) is 0 Å². The predicted molar refractivity (Wildman–Crippen MR) is 70.7 cm³/mol. The van der Waals surface area contributed by atoms with Crippen molar-refractivity contribution in [3.8, 4) is 0 Å². The SMILES string of the molecule is O=S1(=O)CCN(c2ccc(C3CNC3)cn2)CC1. The van der Waals surface area contributed by atoms with Gasteiger partial charge in [0.15, 0.2) is 9.84 Å². The van der Waals surface area contributed by atoms with Crippen molar-refractivity contribution in [3.05, 3.63) is 23.9 Å². The molecule has 3 rings (SSSR count). The van der Waals surface area contributed by atoms with E-state index in [1.807, 2.05) is 17.2 Å². The van der Waals surface area contributed by atoms with Crippen molar-refractivity contribution in [1.29, 1.82) is 0 Å². The van der Waals surface area contributed by atoms with Gasteiger partial charge >= 0.3 is 0 Å². The Labute approximate surface area is 107 Å². The second-order valence-corrected chi connectivity index (χ2v) is 7.25. The van der Waals surface area contributed by atoms with Crippen LogP contribution in [0.15, 0.2) is 18.3 Å². The molecule has 2 aliphatic rings. The van der Waals surface area contributed by atoms with E-state index < -0.39 is 9.84 Å². The molecule has 0 aliphatic carbocycles. The molecular formula is C12H17N3O2S. The third-order valence-electron chi connectivity index (χ3n) is 3.69. The maximum absolute atomic E-state index is 11.4. The zero-order valence-electron chi connectivity index (χ0n) is 10.2. The van der Waals surface area contributed by atoms with Crippen LogP contribution < -0.4 is 10.2 Å². The summed E-state index contributed by atoms with van der Waals surface area (Å²) in [5.74, 6) is 1.96. The summed E-state index contributed by atoms with van der Waals surface area (Å²) in [4.78, 5) is 6.50. The highest BCUT2D eigenvalue weighted by Crippen LogP contribution is 2.21. The van der Waals surface area contributed by atoms with Gasteiger partial charge in [-0.15, -0.1) is 0 Å². The Morgan fingerprint density at radius 1 is 1.22 bits per heavy atom. The summed E-state index contributed by atoms with van der Waals surface area (Å²) < 4.78 is 22.7. The lowest BCUT2D eigenvalue weighted by molar-refractivity contribution is 0.447. The summed E-state index contributed by atoms with van der Waals surface area (Å²) in [5.41, 5.74) is 1.27. The molecule has 5 nitrogen and oxygen atoms in total. The van der Waals surface area contributed by atoms with Crippen molar-refractivity contribution in [1.82, 2.24) is 10.3 Å². The Kier molecular flexibility index (Phi) is 2.99. The van der Waals surface area contributed by atoms with Gasteiger partial charge in [0, 0.05) is 38.3 Å². The Morgan fingerprint density at radius 2 is 1.94 bits per heavy atom. The zero-order valence-corrected chi connectivity index (χ0v) is 11.0. The maximum Gasteiger partial charge on any atom is 0.153 e. The van der Waals surface area contributed by atoms with E-state index in [1.165, 1.54) is 5.56 Å². The summed E-state index contributed by atoms with van der Waals surface area (Å²) >= 11 is 0. The van der Waals surface area contributed by atoms with E-state index in [0.29, 0.717) is 19.0 Å². The molecular weight excluding hydrogens is 250 g/mol. The highest BCUT2D eigenvalue weighted by Gasteiger charge is 2.23. The van der Waals surface area contributed by atoms with Gasteiger partial charge in [-0.3, -0.25) is 0 Å². The normalized spacial score (nSPS) is 23.7. The van der Waals surface area contributed by atoms with E-state index in [2.05, 4.69) is 16.4 Å². The lowest BCUT2D eigenvalue weighted by Gasteiger charge is -2.29. The summed E-state index contributed by atoms with van der Waals surface area (Å²) in [7, 11) is -2.82. The number of rotatable bonds is 2. The number of aromatic nitrogens is 1.